The average Bonchev–Trinajstić information content (AvgIpc) is 2.75. The van der Waals surface area contributed by atoms with Gasteiger partial charge in [-0.25, -0.2) is 27.2 Å². The van der Waals surface area contributed by atoms with Crippen LogP contribution in [0.5, 0.6) is 0 Å². The molecule has 0 atom stereocenters. The maximum atomic E-state index is 14.0. The van der Waals surface area contributed by atoms with E-state index >= 15 is 0 Å². The number of anilines is 3. The highest BCUT2D eigenvalue weighted by Crippen LogP contribution is 2.31. The molecule has 2 aromatic carbocycles. The minimum absolute atomic E-state index is 0.0283. The van der Waals surface area contributed by atoms with Gasteiger partial charge < -0.3 is 21.4 Å². The Labute approximate surface area is 206 Å². The van der Waals surface area contributed by atoms with Crippen molar-refractivity contribution in [1.29, 1.82) is 5.41 Å². The van der Waals surface area contributed by atoms with E-state index in [9.17, 15) is 17.2 Å². The monoisotopic (exact) mass is 523 g/mol. The van der Waals surface area contributed by atoms with Crippen molar-refractivity contribution in [3.63, 3.8) is 0 Å². The fraction of sp³-hybridized carbons (Fsp3) is 0.227. The molecule has 0 saturated carbocycles. The molecule has 0 amide bonds. The molecule has 9 nitrogen and oxygen atoms in total. The number of halogens is 3. The number of sulfonamides is 1. The summed E-state index contributed by atoms with van der Waals surface area (Å²) in [4.78, 5) is 9.89. The van der Waals surface area contributed by atoms with E-state index < -0.39 is 26.6 Å². The van der Waals surface area contributed by atoms with Gasteiger partial charge in [-0.05, 0) is 57.4 Å². The summed E-state index contributed by atoms with van der Waals surface area (Å²) in [6.45, 7) is 2.83. The van der Waals surface area contributed by atoms with Gasteiger partial charge >= 0.3 is 0 Å². The number of nitrogen functional groups attached to an aromatic ring is 1. The zero-order chi connectivity index (χ0) is 25.9. The van der Waals surface area contributed by atoms with E-state index in [1.165, 1.54) is 18.2 Å². The van der Waals surface area contributed by atoms with E-state index in [1.807, 2.05) is 19.0 Å². The summed E-state index contributed by atoms with van der Waals surface area (Å²) in [5.74, 6) is -1.33. The normalized spacial score (nSPS) is 11.5. The molecular formula is C22H24ClF2N7O2S. The van der Waals surface area contributed by atoms with E-state index in [0.29, 0.717) is 36.1 Å². The Kier molecular flexibility index (Phi) is 7.88. The number of benzene rings is 2. The Morgan fingerprint density at radius 1 is 1.17 bits per heavy atom. The topological polar surface area (TPSA) is 137 Å². The van der Waals surface area contributed by atoms with Crippen LogP contribution in [0.15, 0.2) is 41.3 Å². The van der Waals surface area contributed by atoms with Gasteiger partial charge in [-0.3, -0.25) is 4.72 Å². The molecule has 0 aliphatic rings. The zero-order valence-corrected chi connectivity index (χ0v) is 20.7. The molecule has 13 heteroatoms. The number of hydrogen-bond acceptors (Lipinski definition) is 8. The van der Waals surface area contributed by atoms with Crippen molar-refractivity contribution in [2.24, 2.45) is 0 Å². The Morgan fingerprint density at radius 2 is 1.89 bits per heavy atom. The standard InChI is InChI=1S/C22H24ClF2N7O2S/c1-12(26)19-20(27)29-21(30-22(19)28-8-9-32(2)3)13-4-7-17(15(23)10-13)31-35(33,34)18-11-14(24)5-6-16(18)25/h4-7,10-11,26,31H,8-9H2,1-3H3,(H3,27,28,29,30). The fourth-order valence-electron chi connectivity index (χ4n) is 3.12. The first kappa shape index (κ1) is 26.3. The van der Waals surface area contributed by atoms with Gasteiger partial charge in [-0.15, -0.1) is 0 Å². The van der Waals surface area contributed by atoms with E-state index in [1.54, 1.807) is 6.92 Å². The molecule has 1 aromatic heterocycles. The first-order valence-electron chi connectivity index (χ1n) is 10.3. The van der Waals surface area contributed by atoms with Crippen molar-refractivity contribution in [2.45, 2.75) is 11.8 Å². The third-order valence-electron chi connectivity index (χ3n) is 4.82. The molecule has 0 bridgehead atoms. The SMILES string of the molecule is CC(=N)c1c(N)nc(-c2ccc(NS(=O)(=O)c3cc(F)ccc3F)c(Cl)c2)nc1NCCN(C)C. The molecule has 1 heterocycles. The Bertz CT molecular complexity index is 1380. The van der Waals surface area contributed by atoms with Crippen LogP contribution in [0.2, 0.25) is 5.02 Å². The number of rotatable bonds is 9. The summed E-state index contributed by atoms with van der Waals surface area (Å²) in [7, 11) is -0.608. The molecular weight excluding hydrogens is 500 g/mol. The van der Waals surface area contributed by atoms with Gasteiger partial charge in [-0.2, -0.15) is 0 Å². The molecule has 3 aromatic rings. The lowest BCUT2D eigenvalue weighted by molar-refractivity contribution is 0.425. The van der Waals surface area contributed by atoms with Crippen LogP contribution in [0.1, 0.15) is 12.5 Å². The van der Waals surface area contributed by atoms with E-state index in [-0.39, 0.29) is 28.1 Å². The minimum Gasteiger partial charge on any atom is -0.383 e. The third kappa shape index (κ3) is 6.21. The highest BCUT2D eigenvalue weighted by molar-refractivity contribution is 7.92. The smallest absolute Gasteiger partial charge is 0.264 e. The summed E-state index contributed by atoms with van der Waals surface area (Å²) >= 11 is 6.29. The number of nitrogens with two attached hydrogens (primary N) is 1. The van der Waals surface area contributed by atoms with Crippen molar-refractivity contribution in [3.8, 4) is 11.4 Å². The van der Waals surface area contributed by atoms with E-state index in [0.717, 1.165) is 12.1 Å². The predicted octanol–water partition coefficient (Wildman–Crippen LogP) is 3.82. The lowest BCUT2D eigenvalue weighted by Gasteiger charge is -2.16. The molecule has 0 unspecified atom stereocenters. The van der Waals surface area contributed by atoms with Crippen molar-refractivity contribution in [2.75, 3.05) is 43.0 Å². The quantitative estimate of drug-likeness (QED) is 0.313. The van der Waals surface area contributed by atoms with Crippen LogP contribution in [-0.4, -0.2) is 56.2 Å². The number of nitrogens with zero attached hydrogens (tertiary/aromatic N) is 3. The summed E-state index contributed by atoms with van der Waals surface area (Å²) < 4.78 is 54.7. The summed E-state index contributed by atoms with van der Waals surface area (Å²) in [6, 6.07) is 6.38. The van der Waals surface area contributed by atoms with Crippen LogP contribution >= 0.6 is 11.6 Å². The molecule has 0 fully saturated rings. The van der Waals surface area contributed by atoms with E-state index in [2.05, 4.69) is 20.0 Å². The molecule has 5 N–H and O–H groups in total. The second-order valence-electron chi connectivity index (χ2n) is 7.89. The Balaban J connectivity index is 1.94. The van der Waals surface area contributed by atoms with Gasteiger partial charge in [0, 0.05) is 24.4 Å². The van der Waals surface area contributed by atoms with Crippen LogP contribution in [0.3, 0.4) is 0 Å². The van der Waals surface area contributed by atoms with Crippen LogP contribution in [0.25, 0.3) is 11.4 Å². The highest BCUT2D eigenvalue weighted by atomic mass is 35.5. The number of hydrogen-bond donors (Lipinski definition) is 4. The maximum Gasteiger partial charge on any atom is 0.264 e. The molecule has 0 spiro atoms. The average molecular weight is 524 g/mol. The van der Waals surface area contributed by atoms with Crippen molar-refractivity contribution < 1.29 is 17.2 Å². The largest absolute Gasteiger partial charge is 0.383 e. The van der Waals surface area contributed by atoms with Crippen LogP contribution in [0, 0.1) is 17.0 Å². The Morgan fingerprint density at radius 3 is 2.51 bits per heavy atom. The van der Waals surface area contributed by atoms with Gasteiger partial charge in [0.2, 0.25) is 0 Å². The summed E-state index contributed by atoms with van der Waals surface area (Å²) in [5, 5.41) is 11.1. The maximum absolute atomic E-state index is 14.0. The first-order chi connectivity index (χ1) is 16.4. The lowest BCUT2D eigenvalue weighted by atomic mass is 10.1. The zero-order valence-electron chi connectivity index (χ0n) is 19.2. The van der Waals surface area contributed by atoms with Crippen LogP contribution in [0.4, 0.5) is 26.1 Å². The predicted molar refractivity (Wildman–Crippen MR) is 134 cm³/mol. The second kappa shape index (κ2) is 10.5. The molecule has 0 aliphatic carbocycles. The number of aromatic nitrogens is 2. The van der Waals surface area contributed by atoms with E-state index in [4.69, 9.17) is 22.7 Å². The number of nitrogens with one attached hydrogen (secondary N) is 3. The highest BCUT2D eigenvalue weighted by Gasteiger charge is 2.22. The van der Waals surface area contributed by atoms with Crippen LogP contribution in [-0.2, 0) is 10.0 Å². The second-order valence-corrected chi connectivity index (χ2v) is 9.94. The molecule has 0 radical (unpaired) electrons. The number of likely N-dealkylation sites (N-methyl/N-ethyl adjacent to an activating group) is 1. The molecule has 3 rings (SSSR count). The van der Waals surface area contributed by atoms with Crippen LogP contribution < -0.4 is 15.8 Å². The van der Waals surface area contributed by atoms with Gasteiger partial charge in [-0.1, -0.05) is 11.6 Å². The first-order valence-corrected chi connectivity index (χ1v) is 12.1. The van der Waals surface area contributed by atoms with Gasteiger partial charge in [0.1, 0.15) is 28.2 Å². The summed E-state index contributed by atoms with van der Waals surface area (Å²) in [5.41, 5.74) is 7.03. The van der Waals surface area contributed by atoms with Gasteiger partial charge in [0.05, 0.1) is 16.3 Å². The molecule has 35 heavy (non-hydrogen) atoms. The fourth-order valence-corrected chi connectivity index (χ4v) is 4.58. The molecule has 0 saturated heterocycles. The lowest BCUT2D eigenvalue weighted by Crippen LogP contribution is -2.22. The van der Waals surface area contributed by atoms with Crippen molar-refractivity contribution in [3.05, 3.63) is 58.6 Å². The summed E-state index contributed by atoms with van der Waals surface area (Å²) in [6.07, 6.45) is 0. The van der Waals surface area contributed by atoms with Crippen molar-refractivity contribution >= 4 is 44.7 Å². The molecule has 186 valence electrons. The molecule has 0 aliphatic heterocycles. The Hall–Kier alpha value is -3.35. The third-order valence-corrected chi connectivity index (χ3v) is 6.51. The van der Waals surface area contributed by atoms with Gasteiger partial charge in [0.15, 0.2) is 5.82 Å². The minimum atomic E-state index is -4.45. The van der Waals surface area contributed by atoms with Gasteiger partial charge in [0.25, 0.3) is 10.0 Å². The van der Waals surface area contributed by atoms with Crippen molar-refractivity contribution in [1.82, 2.24) is 14.9 Å².